The van der Waals surface area contributed by atoms with E-state index < -0.39 is 0 Å². The Labute approximate surface area is 210 Å². The molecule has 35 heavy (non-hydrogen) atoms. The Morgan fingerprint density at radius 1 is 0.886 bits per heavy atom. The number of hydrogen-bond donors (Lipinski definition) is 0. The van der Waals surface area contributed by atoms with Crippen LogP contribution in [0.25, 0.3) is 0 Å². The molecule has 1 amide bonds. The van der Waals surface area contributed by atoms with Crippen LogP contribution in [0.5, 0.6) is 0 Å². The van der Waals surface area contributed by atoms with Gasteiger partial charge in [-0.25, -0.2) is 0 Å². The first kappa shape index (κ1) is 22.5. The van der Waals surface area contributed by atoms with E-state index in [-0.39, 0.29) is 17.0 Å². The zero-order valence-electron chi connectivity index (χ0n) is 21.4. The molecule has 2 aliphatic heterocycles. The highest BCUT2D eigenvalue weighted by Crippen LogP contribution is 2.58. The minimum atomic E-state index is -0.332. The highest BCUT2D eigenvalue weighted by molar-refractivity contribution is 6.27. The fourth-order valence-corrected chi connectivity index (χ4v) is 9.33. The Hall–Kier alpha value is -1.72. The number of carbonyl (C=O) groups excluding carboxylic acids is 1. The molecule has 4 bridgehead atoms. The lowest BCUT2D eigenvalue weighted by atomic mass is 9.53. The Bertz CT molecular complexity index is 968. The van der Waals surface area contributed by atoms with Crippen LogP contribution in [0.15, 0.2) is 29.3 Å². The first-order valence-corrected chi connectivity index (χ1v) is 14.4. The van der Waals surface area contributed by atoms with Gasteiger partial charge in [0, 0.05) is 13.1 Å². The quantitative estimate of drug-likeness (QED) is 0.591. The molecular weight excluding hydrogens is 434 g/mol. The minimum Gasteiger partial charge on any atom is -0.379 e. The summed E-state index contributed by atoms with van der Waals surface area (Å²) in [6.07, 6.45) is 13.5. The summed E-state index contributed by atoms with van der Waals surface area (Å²) in [4.78, 5) is 25.1. The van der Waals surface area contributed by atoms with Gasteiger partial charge < -0.3 is 4.74 Å². The molecular formula is C30H41N3O2. The van der Waals surface area contributed by atoms with E-state index >= 15 is 0 Å². The minimum absolute atomic E-state index is 0.0536. The summed E-state index contributed by atoms with van der Waals surface area (Å²) in [6, 6.07) is 8.70. The maximum Gasteiger partial charge on any atom is 0.240 e. The lowest BCUT2D eigenvalue weighted by molar-refractivity contribution is -0.130. The van der Waals surface area contributed by atoms with Crippen LogP contribution in [-0.2, 0) is 9.53 Å². The zero-order chi connectivity index (χ0) is 23.6. The predicted molar refractivity (Wildman–Crippen MR) is 139 cm³/mol. The number of rotatable bonds is 3. The molecule has 5 saturated carbocycles. The highest BCUT2D eigenvalue weighted by atomic mass is 16.5. The number of carbonyl (C=O) groups is 1. The molecule has 1 spiro atoms. The Balaban J connectivity index is 1.38. The maximum atomic E-state index is 14.6. The number of amides is 1. The van der Waals surface area contributed by atoms with Crippen molar-refractivity contribution in [1.29, 1.82) is 0 Å². The molecule has 1 aromatic carbocycles. The van der Waals surface area contributed by atoms with Crippen molar-refractivity contribution in [1.82, 2.24) is 4.90 Å². The van der Waals surface area contributed by atoms with Gasteiger partial charge in [-0.15, -0.1) is 0 Å². The Morgan fingerprint density at radius 2 is 1.49 bits per heavy atom. The van der Waals surface area contributed by atoms with E-state index in [1.807, 2.05) is 0 Å². The van der Waals surface area contributed by atoms with E-state index in [1.165, 1.54) is 50.5 Å². The van der Waals surface area contributed by atoms with Gasteiger partial charge in [-0.05, 0) is 88.2 Å². The number of anilines is 1. The molecule has 5 heteroatoms. The number of aliphatic imine (C=N–C) groups is 1. The van der Waals surface area contributed by atoms with E-state index in [4.69, 9.17) is 9.73 Å². The number of aryl methyl sites for hydroxylation is 1. The van der Waals surface area contributed by atoms with Crippen LogP contribution in [-0.4, -0.2) is 54.5 Å². The molecule has 5 nitrogen and oxygen atoms in total. The summed E-state index contributed by atoms with van der Waals surface area (Å²) in [5, 5.41) is 0. The number of hydrogen-bond acceptors (Lipinski definition) is 4. The van der Waals surface area contributed by atoms with Crippen molar-refractivity contribution in [2.24, 2.45) is 28.2 Å². The molecule has 2 heterocycles. The number of benzene rings is 1. The van der Waals surface area contributed by atoms with Gasteiger partial charge in [0.25, 0.3) is 0 Å². The molecule has 8 rings (SSSR count). The van der Waals surface area contributed by atoms with Crippen LogP contribution in [0.1, 0.15) is 76.2 Å². The van der Waals surface area contributed by atoms with E-state index in [2.05, 4.69) is 41.0 Å². The van der Waals surface area contributed by atoms with Crippen molar-refractivity contribution in [3.8, 4) is 0 Å². The normalized spacial score (nSPS) is 39.7. The second-order valence-corrected chi connectivity index (χ2v) is 12.9. The molecule has 188 valence electrons. The van der Waals surface area contributed by atoms with Gasteiger partial charge in [-0.3, -0.25) is 19.6 Å². The molecule has 2 saturated heterocycles. The summed E-state index contributed by atoms with van der Waals surface area (Å²) in [5.74, 6) is 3.95. The summed E-state index contributed by atoms with van der Waals surface area (Å²) in [6.45, 7) is 5.45. The number of ether oxygens (including phenoxy) is 1. The third kappa shape index (κ3) is 3.63. The third-order valence-electron chi connectivity index (χ3n) is 10.4. The van der Waals surface area contributed by atoms with Gasteiger partial charge in [0.2, 0.25) is 5.91 Å². The molecule has 7 aliphatic rings. The third-order valence-corrected chi connectivity index (χ3v) is 10.4. The van der Waals surface area contributed by atoms with Crippen molar-refractivity contribution in [3.63, 3.8) is 0 Å². The van der Waals surface area contributed by atoms with Gasteiger partial charge in [-0.1, -0.05) is 37.0 Å². The number of nitrogens with zero attached hydrogens (tertiary/aromatic N) is 3. The number of morpholine rings is 1. The first-order valence-electron chi connectivity index (χ1n) is 14.4. The standard InChI is InChI=1S/C30H41N3O2/c1-21-5-7-25(8-6-21)33-27(31-29-18-22-15-23(19-29)17-24(16-22)20-29)26(32-11-13-35-14-12-32)30(28(33)34)9-3-2-4-10-30/h5-8,22-24,26H,2-4,9-20H2,1H3. The van der Waals surface area contributed by atoms with Crippen LogP contribution in [0, 0.1) is 30.1 Å². The van der Waals surface area contributed by atoms with Crippen molar-refractivity contribution in [2.45, 2.75) is 89.1 Å². The van der Waals surface area contributed by atoms with Crippen molar-refractivity contribution >= 4 is 17.4 Å². The van der Waals surface area contributed by atoms with E-state index in [0.29, 0.717) is 5.91 Å². The lowest BCUT2D eigenvalue weighted by Crippen LogP contribution is -2.56. The second kappa shape index (κ2) is 8.41. The summed E-state index contributed by atoms with van der Waals surface area (Å²) in [7, 11) is 0. The summed E-state index contributed by atoms with van der Waals surface area (Å²) < 4.78 is 5.78. The largest absolute Gasteiger partial charge is 0.379 e. The molecule has 1 unspecified atom stereocenters. The van der Waals surface area contributed by atoms with Gasteiger partial charge in [0.05, 0.1) is 35.9 Å². The van der Waals surface area contributed by atoms with Crippen LogP contribution in [0.3, 0.4) is 0 Å². The van der Waals surface area contributed by atoms with Crippen molar-refractivity contribution < 1.29 is 9.53 Å². The fraction of sp³-hybridized carbons (Fsp3) is 0.733. The monoisotopic (exact) mass is 475 g/mol. The molecule has 0 radical (unpaired) electrons. The van der Waals surface area contributed by atoms with Crippen molar-refractivity contribution in [3.05, 3.63) is 29.8 Å². The topological polar surface area (TPSA) is 45.1 Å². The van der Waals surface area contributed by atoms with E-state index in [1.54, 1.807) is 0 Å². The Kier molecular flexibility index (Phi) is 5.40. The van der Waals surface area contributed by atoms with E-state index in [0.717, 1.165) is 81.3 Å². The first-order chi connectivity index (χ1) is 17.1. The Morgan fingerprint density at radius 3 is 2.09 bits per heavy atom. The smallest absolute Gasteiger partial charge is 0.240 e. The van der Waals surface area contributed by atoms with Crippen LogP contribution >= 0.6 is 0 Å². The van der Waals surface area contributed by atoms with Gasteiger partial charge in [-0.2, -0.15) is 0 Å². The van der Waals surface area contributed by atoms with Gasteiger partial charge in [0.15, 0.2) is 0 Å². The molecule has 1 atom stereocenters. The SMILES string of the molecule is Cc1ccc(N2C(=O)C3(CCCCC3)C(N3CCOCC3)C2=NC23CC4CC(CC(C4)C2)C3)cc1. The summed E-state index contributed by atoms with van der Waals surface area (Å²) >= 11 is 0. The molecule has 0 aromatic heterocycles. The summed E-state index contributed by atoms with van der Waals surface area (Å²) in [5.41, 5.74) is 1.97. The van der Waals surface area contributed by atoms with Gasteiger partial charge in [0.1, 0.15) is 5.84 Å². The number of amidine groups is 1. The highest BCUT2D eigenvalue weighted by Gasteiger charge is 2.61. The average Bonchev–Trinajstić information content (AvgIpc) is 3.06. The second-order valence-electron chi connectivity index (χ2n) is 12.9. The predicted octanol–water partition coefficient (Wildman–Crippen LogP) is 5.36. The van der Waals surface area contributed by atoms with Crippen LogP contribution in [0.4, 0.5) is 5.69 Å². The lowest BCUT2D eigenvalue weighted by Gasteiger charge is -2.55. The molecule has 0 N–H and O–H groups in total. The maximum absolute atomic E-state index is 14.6. The zero-order valence-corrected chi connectivity index (χ0v) is 21.4. The molecule has 1 aromatic rings. The van der Waals surface area contributed by atoms with E-state index in [9.17, 15) is 4.79 Å². The fourth-order valence-electron chi connectivity index (χ4n) is 9.33. The van der Waals surface area contributed by atoms with Crippen LogP contribution < -0.4 is 4.90 Å². The van der Waals surface area contributed by atoms with Gasteiger partial charge >= 0.3 is 0 Å². The van der Waals surface area contributed by atoms with Crippen LogP contribution in [0.2, 0.25) is 0 Å². The van der Waals surface area contributed by atoms with Crippen molar-refractivity contribution in [2.75, 3.05) is 31.2 Å². The molecule has 5 aliphatic carbocycles. The molecule has 7 fully saturated rings. The average molecular weight is 476 g/mol.